The molecule has 6 heteroatoms. The maximum atomic E-state index is 13.4. The molecule has 2 N–H and O–H groups in total. The molecule has 0 saturated heterocycles. The van der Waals surface area contributed by atoms with Gasteiger partial charge >= 0.3 is 0 Å². The van der Waals surface area contributed by atoms with E-state index in [-0.39, 0.29) is 17.9 Å². The lowest BCUT2D eigenvalue weighted by Gasteiger charge is -2.29. The van der Waals surface area contributed by atoms with Gasteiger partial charge in [0.05, 0.1) is 12.6 Å². The Labute approximate surface area is 192 Å². The molecule has 1 heterocycles. The Bertz CT molecular complexity index is 1070. The predicted molar refractivity (Wildman–Crippen MR) is 127 cm³/mol. The lowest BCUT2D eigenvalue weighted by atomic mass is 9.99. The molecule has 0 aromatic heterocycles. The van der Waals surface area contributed by atoms with Crippen LogP contribution in [-0.2, 0) is 11.2 Å². The maximum absolute atomic E-state index is 13.4. The van der Waals surface area contributed by atoms with Crippen LogP contribution >= 0.6 is 11.8 Å². The van der Waals surface area contributed by atoms with Crippen molar-refractivity contribution in [1.82, 2.24) is 10.6 Å². The van der Waals surface area contributed by atoms with Crippen molar-refractivity contribution in [1.29, 1.82) is 0 Å². The summed E-state index contributed by atoms with van der Waals surface area (Å²) in [7, 11) is 0. The Morgan fingerprint density at radius 1 is 1.03 bits per heavy atom. The third kappa shape index (κ3) is 5.32. The van der Waals surface area contributed by atoms with Crippen molar-refractivity contribution in [2.24, 2.45) is 0 Å². The summed E-state index contributed by atoms with van der Waals surface area (Å²) in [4.78, 5) is 27.3. The first kappa shape index (κ1) is 22.0. The molecule has 4 rings (SSSR count). The highest BCUT2D eigenvalue weighted by atomic mass is 32.2. The molecule has 2 unspecified atom stereocenters. The topological polar surface area (TPSA) is 67.4 Å². The van der Waals surface area contributed by atoms with Crippen LogP contribution in [0.1, 0.15) is 33.9 Å². The Balaban J connectivity index is 1.54. The number of hydrogen-bond acceptors (Lipinski definition) is 4. The van der Waals surface area contributed by atoms with Gasteiger partial charge in [0, 0.05) is 28.9 Å². The molecule has 0 spiro atoms. The summed E-state index contributed by atoms with van der Waals surface area (Å²) in [5.41, 5.74) is 2.49. The molecule has 164 valence electrons. The number of hydrogen-bond donors (Lipinski definition) is 2. The standard InChI is InChI=1S/C26H26N2O3S/c1-32-20-12-13-24-21(17-20)22(14-15-31-24)27-26(30)23(16-18-8-4-2-5-9-18)28-25(29)19-10-6-3-7-11-19/h2-13,17,22-23H,14-16H2,1H3,(H,27,30)(H,28,29). The summed E-state index contributed by atoms with van der Waals surface area (Å²) < 4.78 is 5.78. The number of nitrogens with one attached hydrogen (secondary N) is 2. The van der Waals surface area contributed by atoms with Crippen LogP contribution in [0.3, 0.4) is 0 Å². The summed E-state index contributed by atoms with van der Waals surface area (Å²) in [5.74, 6) is 0.330. The van der Waals surface area contributed by atoms with Crippen LogP contribution in [0.5, 0.6) is 5.75 Å². The number of amides is 2. The van der Waals surface area contributed by atoms with Gasteiger partial charge in [0.1, 0.15) is 11.8 Å². The third-order valence-corrected chi connectivity index (χ3v) is 6.24. The first-order chi connectivity index (χ1) is 15.6. The fourth-order valence-electron chi connectivity index (χ4n) is 3.81. The van der Waals surface area contributed by atoms with Gasteiger partial charge in [0.2, 0.25) is 5.91 Å². The van der Waals surface area contributed by atoms with E-state index in [1.807, 2.05) is 66.9 Å². The highest BCUT2D eigenvalue weighted by Crippen LogP contribution is 2.34. The van der Waals surface area contributed by atoms with E-state index in [4.69, 9.17) is 4.74 Å². The van der Waals surface area contributed by atoms with Crippen molar-refractivity contribution in [3.8, 4) is 5.75 Å². The van der Waals surface area contributed by atoms with E-state index in [9.17, 15) is 9.59 Å². The summed E-state index contributed by atoms with van der Waals surface area (Å²) in [6, 6.07) is 23.9. The van der Waals surface area contributed by atoms with Gasteiger partial charge in [-0.1, -0.05) is 48.5 Å². The number of benzene rings is 3. The van der Waals surface area contributed by atoms with Crippen molar-refractivity contribution in [2.75, 3.05) is 12.9 Å². The van der Waals surface area contributed by atoms with Gasteiger partial charge < -0.3 is 15.4 Å². The zero-order chi connectivity index (χ0) is 22.3. The monoisotopic (exact) mass is 446 g/mol. The number of thioether (sulfide) groups is 1. The smallest absolute Gasteiger partial charge is 0.251 e. The fourth-order valence-corrected chi connectivity index (χ4v) is 4.26. The van der Waals surface area contributed by atoms with Crippen molar-refractivity contribution in [2.45, 2.75) is 29.8 Å². The molecule has 1 aliphatic rings. The second kappa shape index (κ2) is 10.4. The molecule has 0 fully saturated rings. The maximum Gasteiger partial charge on any atom is 0.251 e. The van der Waals surface area contributed by atoms with E-state index < -0.39 is 6.04 Å². The molecular weight excluding hydrogens is 420 g/mol. The highest BCUT2D eigenvalue weighted by molar-refractivity contribution is 7.98. The van der Waals surface area contributed by atoms with Crippen molar-refractivity contribution >= 4 is 23.6 Å². The van der Waals surface area contributed by atoms with Crippen LogP contribution in [0.2, 0.25) is 0 Å². The molecule has 2 atom stereocenters. The number of ether oxygens (including phenoxy) is 1. The molecule has 3 aromatic carbocycles. The molecule has 0 aliphatic carbocycles. The van der Waals surface area contributed by atoms with Gasteiger partial charge in [0.25, 0.3) is 5.91 Å². The Hall–Kier alpha value is -3.25. The second-order valence-corrected chi connectivity index (χ2v) is 8.56. The second-order valence-electron chi connectivity index (χ2n) is 7.68. The molecule has 0 radical (unpaired) electrons. The van der Waals surface area contributed by atoms with Crippen LogP contribution in [-0.4, -0.2) is 30.7 Å². The molecule has 2 amide bonds. The minimum Gasteiger partial charge on any atom is -0.493 e. The number of rotatable bonds is 7. The molecule has 0 saturated carbocycles. The molecule has 0 bridgehead atoms. The summed E-state index contributed by atoms with van der Waals surface area (Å²) >= 11 is 1.65. The van der Waals surface area contributed by atoms with E-state index in [1.165, 1.54) is 0 Å². The SMILES string of the molecule is CSc1ccc2c(c1)C(NC(=O)C(Cc1ccccc1)NC(=O)c1ccccc1)CCO2. The van der Waals surface area contributed by atoms with E-state index in [1.54, 1.807) is 23.9 Å². The van der Waals surface area contributed by atoms with Gasteiger partial charge in [-0.05, 0) is 42.2 Å². The Morgan fingerprint density at radius 3 is 2.47 bits per heavy atom. The molecule has 32 heavy (non-hydrogen) atoms. The predicted octanol–water partition coefficient (Wildman–Crippen LogP) is 4.39. The van der Waals surface area contributed by atoms with Crippen molar-refractivity contribution in [3.05, 3.63) is 95.6 Å². The van der Waals surface area contributed by atoms with Crippen LogP contribution in [0.4, 0.5) is 0 Å². The zero-order valence-electron chi connectivity index (χ0n) is 17.9. The van der Waals surface area contributed by atoms with Crippen LogP contribution < -0.4 is 15.4 Å². The van der Waals surface area contributed by atoms with Crippen LogP contribution in [0.25, 0.3) is 0 Å². The first-order valence-corrected chi connectivity index (χ1v) is 11.9. The van der Waals surface area contributed by atoms with Crippen LogP contribution in [0.15, 0.2) is 83.8 Å². The average Bonchev–Trinajstić information content (AvgIpc) is 2.84. The van der Waals surface area contributed by atoms with Gasteiger partial charge in [0.15, 0.2) is 0 Å². The summed E-state index contributed by atoms with van der Waals surface area (Å²) in [5, 5.41) is 6.09. The number of carbonyl (C=O) groups is 2. The van der Waals surface area contributed by atoms with E-state index >= 15 is 0 Å². The molecule has 3 aromatic rings. The van der Waals surface area contributed by atoms with Crippen molar-refractivity contribution < 1.29 is 14.3 Å². The van der Waals surface area contributed by atoms with Crippen LogP contribution in [0, 0.1) is 0 Å². The zero-order valence-corrected chi connectivity index (χ0v) is 18.7. The highest BCUT2D eigenvalue weighted by Gasteiger charge is 2.28. The summed E-state index contributed by atoms with van der Waals surface area (Å²) in [6.45, 7) is 0.538. The van der Waals surface area contributed by atoms with Gasteiger partial charge in [-0.2, -0.15) is 0 Å². The largest absolute Gasteiger partial charge is 0.493 e. The summed E-state index contributed by atoms with van der Waals surface area (Å²) in [6.07, 6.45) is 3.11. The van der Waals surface area contributed by atoms with Gasteiger partial charge in [-0.3, -0.25) is 9.59 Å². The van der Waals surface area contributed by atoms with Gasteiger partial charge in [-0.15, -0.1) is 11.8 Å². The molecular formula is C26H26N2O3S. The minimum atomic E-state index is -0.694. The lowest BCUT2D eigenvalue weighted by molar-refractivity contribution is -0.123. The van der Waals surface area contributed by atoms with E-state index in [2.05, 4.69) is 16.7 Å². The number of carbonyl (C=O) groups excluding carboxylic acids is 2. The molecule has 1 aliphatic heterocycles. The third-order valence-electron chi connectivity index (χ3n) is 5.51. The minimum absolute atomic E-state index is 0.162. The van der Waals surface area contributed by atoms with E-state index in [0.29, 0.717) is 25.0 Å². The average molecular weight is 447 g/mol. The lowest BCUT2D eigenvalue weighted by Crippen LogP contribution is -2.49. The van der Waals surface area contributed by atoms with Gasteiger partial charge in [-0.25, -0.2) is 0 Å². The molecule has 5 nitrogen and oxygen atoms in total. The quantitative estimate of drug-likeness (QED) is 0.528. The number of fused-ring (bicyclic) bond motifs is 1. The fraction of sp³-hybridized carbons (Fsp3) is 0.231. The Kier molecular flexibility index (Phi) is 7.12. The first-order valence-electron chi connectivity index (χ1n) is 10.6. The normalized spacial score (nSPS) is 15.7. The van der Waals surface area contributed by atoms with E-state index in [0.717, 1.165) is 21.8 Å². The Morgan fingerprint density at radius 2 is 1.75 bits per heavy atom. The van der Waals surface area contributed by atoms with Crippen molar-refractivity contribution in [3.63, 3.8) is 0 Å².